The van der Waals surface area contributed by atoms with Crippen molar-refractivity contribution >= 4 is 27.3 Å². The van der Waals surface area contributed by atoms with Gasteiger partial charge in [-0.1, -0.05) is 36.4 Å². The summed E-state index contributed by atoms with van der Waals surface area (Å²) < 4.78 is 33.7. The molecule has 0 atom stereocenters. The van der Waals surface area contributed by atoms with Gasteiger partial charge in [0.15, 0.2) is 0 Å². The fourth-order valence-corrected chi connectivity index (χ4v) is 4.26. The molecule has 0 fully saturated rings. The van der Waals surface area contributed by atoms with Crippen molar-refractivity contribution in [2.24, 2.45) is 0 Å². The fourth-order valence-electron chi connectivity index (χ4n) is 2.86. The maximum absolute atomic E-state index is 12.9. The lowest BCUT2D eigenvalue weighted by atomic mass is 10.1. The molecule has 2 N–H and O–H groups in total. The molecule has 0 spiro atoms. The molecule has 0 unspecified atom stereocenters. The maximum Gasteiger partial charge on any atom is 0.262 e. The highest BCUT2D eigenvalue weighted by molar-refractivity contribution is 7.92. The van der Waals surface area contributed by atoms with Crippen molar-refractivity contribution in [1.29, 1.82) is 0 Å². The normalized spacial score (nSPS) is 11.0. The molecule has 150 valence electrons. The van der Waals surface area contributed by atoms with Crippen molar-refractivity contribution in [2.45, 2.75) is 18.7 Å². The summed E-state index contributed by atoms with van der Waals surface area (Å²) in [7, 11) is -2.35. The number of anilines is 2. The van der Waals surface area contributed by atoms with Crippen LogP contribution >= 0.6 is 0 Å². The summed E-state index contributed by atoms with van der Waals surface area (Å²) >= 11 is 0. The van der Waals surface area contributed by atoms with Crippen LogP contribution in [0.2, 0.25) is 0 Å². The van der Waals surface area contributed by atoms with Gasteiger partial charge in [0.1, 0.15) is 5.75 Å². The second-order valence-corrected chi connectivity index (χ2v) is 8.21. The number of para-hydroxylation sites is 3. The number of carbonyl (C=O) groups excluding carboxylic acids is 1. The molecule has 3 aromatic carbocycles. The summed E-state index contributed by atoms with van der Waals surface area (Å²) in [6, 6.07) is 18.7. The third kappa shape index (κ3) is 4.57. The van der Waals surface area contributed by atoms with Crippen LogP contribution in [0.5, 0.6) is 5.75 Å². The number of ether oxygens (including phenoxy) is 1. The van der Waals surface area contributed by atoms with Gasteiger partial charge in [-0.15, -0.1) is 0 Å². The zero-order chi connectivity index (χ0) is 21.0. The van der Waals surface area contributed by atoms with E-state index in [-0.39, 0.29) is 10.5 Å². The van der Waals surface area contributed by atoms with Gasteiger partial charge < -0.3 is 10.1 Å². The average molecular weight is 410 g/mol. The monoisotopic (exact) mass is 410 g/mol. The molecule has 6 nitrogen and oxygen atoms in total. The van der Waals surface area contributed by atoms with Gasteiger partial charge in [0.2, 0.25) is 0 Å². The third-order valence-corrected chi connectivity index (χ3v) is 5.99. The summed E-state index contributed by atoms with van der Waals surface area (Å²) in [4.78, 5) is 12.8. The SMILES string of the molecule is COc1ccccc1NC(=O)c1ccc(C)c(S(=O)(=O)Nc2ccccc2C)c1. The predicted molar refractivity (Wildman–Crippen MR) is 114 cm³/mol. The number of sulfonamides is 1. The van der Waals surface area contributed by atoms with Crippen LogP contribution in [0, 0.1) is 13.8 Å². The quantitative estimate of drug-likeness (QED) is 0.632. The Morgan fingerprint density at radius 3 is 2.21 bits per heavy atom. The largest absolute Gasteiger partial charge is 0.495 e. The molecule has 0 aliphatic heterocycles. The molecule has 1 amide bonds. The Bertz CT molecular complexity index is 1160. The summed E-state index contributed by atoms with van der Waals surface area (Å²) in [6.45, 7) is 3.51. The number of hydrogen-bond acceptors (Lipinski definition) is 4. The van der Waals surface area contributed by atoms with Gasteiger partial charge in [0, 0.05) is 5.56 Å². The number of benzene rings is 3. The lowest BCUT2D eigenvalue weighted by Gasteiger charge is -2.14. The van der Waals surface area contributed by atoms with Gasteiger partial charge in [-0.25, -0.2) is 8.42 Å². The Kier molecular flexibility index (Phi) is 5.89. The number of amides is 1. The highest BCUT2D eigenvalue weighted by Crippen LogP contribution is 2.26. The molecule has 0 saturated carbocycles. The first-order valence-corrected chi connectivity index (χ1v) is 10.4. The third-order valence-electron chi connectivity index (χ3n) is 4.48. The van der Waals surface area contributed by atoms with Crippen molar-refractivity contribution in [2.75, 3.05) is 17.1 Å². The summed E-state index contributed by atoms with van der Waals surface area (Å²) in [5.74, 6) is 0.0869. The lowest BCUT2D eigenvalue weighted by Crippen LogP contribution is -2.17. The molecule has 0 aliphatic carbocycles. The van der Waals surface area contributed by atoms with Crippen LogP contribution in [-0.4, -0.2) is 21.4 Å². The highest BCUT2D eigenvalue weighted by atomic mass is 32.2. The van der Waals surface area contributed by atoms with E-state index in [9.17, 15) is 13.2 Å². The predicted octanol–water partition coefficient (Wildman–Crippen LogP) is 4.37. The van der Waals surface area contributed by atoms with E-state index in [0.717, 1.165) is 5.56 Å². The number of methoxy groups -OCH3 is 1. The van der Waals surface area contributed by atoms with Crippen molar-refractivity contribution in [1.82, 2.24) is 0 Å². The molecule has 0 heterocycles. The van der Waals surface area contributed by atoms with Crippen molar-refractivity contribution in [3.8, 4) is 5.75 Å². The molecule has 3 rings (SSSR count). The van der Waals surface area contributed by atoms with Crippen molar-refractivity contribution in [3.63, 3.8) is 0 Å². The number of nitrogens with one attached hydrogen (secondary N) is 2. The van der Waals surface area contributed by atoms with Crippen LogP contribution in [0.4, 0.5) is 11.4 Å². The van der Waals surface area contributed by atoms with Crippen LogP contribution in [0.15, 0.2) is 71.6 Å². The lowest BCUT2D eigenvalue weighted by molar-refractivity contribution is 0.102. The number of hydrogen-bond donors (Lipinski definition) is 2. The fraction of sp³-hybridized carbons (Fsp3) is 0.136. The topological polar surface area (TPSA) is 84.5 Å². The highest BCUT2D eigenvalue weighted by Gasteiger charge is 2.20. The standard InChI is InChI=1S/C22H22N2O4S/c1-15-8-4-5-9-18(15)24-29(26,27)21-14-17(13-12-16(21)2)22(25)23-19-10-6-7-11-20(19)28-3/h4-14,24H,1-3H3,(H,23,25). The molecule has 0 saturated heterocycles. The first kappa shape index (κ1) is 20.4. The Labute approximate surface area is 170 Å². The Balaban J connectivity index is 1.91. The van der Waals surface area contributed by atoms with E-state index < -0.39 is 15.9 Å². The molecule has 0 radical (unpaired) electrons. The molecule has 0 aromatic heterocycles. The van der Waals surface area contributed by atoms with E-state index in [0.29, 0.717) is 22.7 Å². The van der Waals surface area contributed by atoms with Gasteiger partial charge >= 0.3 is 0 Å². The van der Waals surface area contributed by atoms with E-state index in [4.69, 9.17) is 4.74 Å². The number of aryl methyl sites for hydroxylation is 2. The van der Waals surface area contributed by atoms with Crippen molar-refractivity contribution in [3.05, 3.63) is 83.4 Å². The zero-order valence-electron chi connectivity index (χ0n) is 16.4. The van der Waals surface area contributed by atoms with Crippen LogP contribution in [0.25, 0.3) is 0 Å². The Morgan fingerprint density at radius 2 is 1.52 bits per heavy atom. The van der Waals surface area contributed by atoms with E-state index in [1.807, 2.05) is 19.1 Å². The van der Waals surface area contributed by atoms with Crippen LogP contribution in [0.3, 0.4) is 0 Å². The molecule has 0 bridgehead atoms. The first-order chi connectivity index (χ1) is 13.8. The van der Waals surface area contributed by atoms with Crippen molar-refractivity contribution < 1.29 is 17.9 Å². The molecule has 7 heteroatoms. The second-order valence-electron chi connectivity index (χ2n) is 6.56. The maximum atomic E-state index is 12.9. The van der Waals surface area contributed by atoms with Gasteiger partial charge in [0.05, 0.1) is 23.4 Å². The molecular formula is C22H22N2O4S. The summed E-state index contributed by atoms with van der Waals surface area (Å²) in [5, 5.41) is 2.76. The first-order valence-electron chi connectivity index (χ1n) is 8.95. The molecule has 3 aromatic rings. The summed E-state index contributed by atoms with van der Waals surface area (Å²) in [5.41, 5.74) is 2.57. The molecular weight excluding hydrogens is 388 g/mol. The van der Waals surface area contributed by atoms with E-state index in [2.05, 4.69) is 10.0 Å². The molecule has 29 heavy (non-hydrogen) atoms. The minimum atomic E-state index is -3.86. The van der Waals surface area contributed by atoms with Crippen LogP contribution in [-0.2, 0) is 10.0 Å². The van der Waals surface area contributed by atoms with Gasteiger partial charge in [-0.05, 0) is 55.3 Å². The number of carbonyl (C=O) groups is 1. The zero-order valence-corrected chi connectivity index (χ0v) is 17.2. The van der Waals surface area contributed by atoms with Crippen LogP contribution < -0.4 is 14.8 Å². The van der Waals surface area contributed by atoms with E-state index in [1.165, 1.54) is 13.2 Å². The van der Waals surface area contributed by atoms with Crippen LogP contribution in [0.1, 0.15) is 21.5 Å². The van der Waals surface area contributed by atoms with Gasteiger partial charge in [-0.2, -0.15) is 0 Å². The van der Waals surface area contributed by atoms with Gasteiger partial charge in [-0.3, -0.25) is 9.52 Å². The van der Waals surface area contributed by atoms with Gasteiger partial charge in [0.25, 0.3) is 15.9 Å². The Hall–Kier alpha value is -3.32. The molecule has 0 aliphatic rings. The summed E-state index contributed by atoms with van der Waals surface area (Å²) in [6.07, 6.45) is 0. The van der Waals surface area contributed by atoms with E-state index in [1.54, 1.807) is 55.5 Å². The second kappa shape index (κ2) is 8.36. The minimum absolute atomic E-state index is 0.0495. The minimum Gasteiger partial charge on any atom is -0.495 e. The average Bonchev–Trinajstić information content (AvgIpc) is 2.70. The Morgan fingerprint density at radius 1 is 0.862 bits per heavy atom. The smallest absolute Gasteiger partial charge is 0.262 e. The number of rotatable bonds is 6. The van der Waals surface area contributed by atoms with E-state index >= 15 is 0 Å².